The SMILES string of the molecule is CCCNC(CCc1cc(Br)cs1)CC(C)C. The number of hydrogen-bond acceptors (Lipinski definition) is 2. The maximum absolute atomic E-state index is 3.67. The molecule has 0 aromatic carbocycles. The van der Waals surface area contributed by atoms with Gasteiger partial charge in [-0.05, 0) is 60.1 Å². The number of halogens is 1. The second-order valence-corrected chi connectivity index (χ2v) is 6.96. The summed E-state index contributed by atoms with van der Waals surface area (Å²) in [6.07, 6.45) is 4.96. The highest BCUT2D eigenvalue weighted by atomic mass is 79.9. The minimum absolute atomic E-state index is 0.677. The fraction of sp³-hybridized carbons (Fsp3) is 0.714. The van der Waals surface area contributed by atoms with E-state index in [9.17, 15) is 0 Å². The van der Waals surface area contributed by atoms with Crippen LogP contribution in [-0.2, 0) is 6.42 Å². The fourth-order valence-electron chi connectivity index (χ4n) is 2.02. The highest BCUT2D eigenvalue weighted by Crippen LogP contribution is 2.22. The summed E-state index contributed by atoms with van der Waals surface area (Å²) in [5.41, 5.74) is 0. The van der Waals surface area contributed by atoms with E-state index in [2.05, 4.69) is 53.5 Å². The summed E-state index contributed by atoms with van der Waals surface area (Å²) >= 11 is 5.38. The van der Waals surface area contributed by atoms with Crippen molar-refractivity contribution in [1.29, 1.82) is 0 Å². The molecule has 0 aliphatic heterocycles. The molecule has 98 valence electrons. The van der Waals surface area contributed by atoms with Crippen molar-refractivity contribution in [2.75, 3.05) is 6.54 Å². The first-order valence-corrected chi connectivity index (χ1v) is 8.25. The molecule has 0 spiro atoms. The molecule has 0 aliphatic carbocycles. The highest BCUT2D eigenvalue weighted by molar-refractivity contribution is 9.10. The molecule has 1 nitrogen and oxygen atoms in total. The van der Waals surface area contributed by atoms with Crippen molar-refractivity contribution in [2.24, 2.45) is 5.92 Å². The molecule has 1 aromatic heterocycles. The largest absolute Gasteiger partial charge is 0.314 e. The molecule has 1 heterocycles. The van der Waals surface area contributed by atoms with Crippen LogP contribution >= 0.6 is 27.3 Å². The van der Waals surface area contributed by atoms with Gasteiger partial charge < -0.3 is 5.32 Å². The number of rotatable bonds is 8. The van der Waals surface area contributed by atoms with E-state index in [1.54, 1.807) is 0 Å². The molecule has 1 aromatic rings. The number of aryl methyl sites for hydroxylation is 1. The number of nitrogens with one attached hydrogen (secondary N) is 1. The van der Waals surface area contributed by atoms with Crippen LogP contribution in [0.25, 0.3) is 0 Å². The Morgan fingerprint density at radius 1 is 1.41 bits per heavy atom. The molecule has 1 rings (SSSR count). The topological polar surface area (TPSA) is 12.0 Å². The van der Waals surface area contributed by atoms with Crippen LogP contribution in [0.3, 0.4) is 0 Å². The lowest BCUT2D eigenvalue weighted by Crippen LogP contribution is -2.31. The Morgan fingerprint density at radius 3 is 2.71 bits per heavy atom. The van der Waals surface area contributed by atoms with Crippen LogP contribution in [0.4, 0.5) is 0 Å². The molecular formula is C14H24BrNS. The molecular weight excluding hydrogens is 294 g/mol. The van der Waals surface area contributed by atoms with E-state index in [0.29, 0.717) is 6.04 Å². The third-order valence-corrected chi connectivity index (χ3v) is 4.56. The number of hydrogen-bond donors (Lipinski definition) is 1. The summed E-state index contributed by atoms with van der Waals surface area (Å²) in [4.78, 5) is 1.49. The first-order valence-electron chi connectivity index (χ1n) is 6.58. The Hall–Kier alpha value is 0.140. The zero-order valence-corrected chi connectivity index (χ0v) is 13.5. The smallest absolute Gasteiger partial charge is 0.0285 e. The molecule has 1 atom stereocenters. The zero-order valence-electron chi connectivity index (χ0n) is 11.1. The van der Waals surface area contributed by atoms with Gasteiger partial charge in [0.2, 0.25) is 0 Å². The molecule has 0 amide bonds. The minimum Gasteiger partial charge on any atom is -0.314 e. The highest BCUT2D eigenvalue weighted by Gasteiger charge is 2.10. The Morgan fingerprint density at radius 2 is 2.18 bits per heavy atom. The average Bonchev–Trinajstić information content (AvgIpc) is 2.68. The van der Waals surface area contributed by atoms with Crippen LogP contribution in [0.1, 0.15) is 44.9 Å². The predicted molar refractivity (Wildman–Crippen MR) is 81.9 cm³/mol. The summed E-state index contributed by atoms with van der Waals surface area (Å²) in [6.45, 7) is 7.99. The molecule has 3 heteroatoms. The average molecular weight is 318 g/mol. The van der Waals surface area contributed by atoms with Gasteiger partial charge in [-0.1, -0.05) is 20.8 Å². The van der Waals surface area contributed by atoms with Crippen LogP contribution in [0, 0.1) is 5.92 Å². The monoisotopic (exact) mass is 317 g/mol. The second kappa shape index (κ2) is 8.28. The summed E-state index contributed by atoms with van der Waals surface area (Å²) in [5, 5.41) is 5.84. The van der Waals surface area contributed by atoms with E-state index in [1.165, 1.54) is 35.0 Å². The van der Waals surface area contributed by atoms with Crippen LogP contribution in [0.15, 0.2) is 15.9 Å². The molecule has 0 saturated carbocycles. The van der Waals surface area contributed by atoms with Gasteiger partial charge in [-0.15, -0.1) is 11.3 Å². The molecule has 1 N–H and O–H groups in total. The third kappa shape index (κ3) is 6.58. The molecule has 0 saturated heterocycles. The van der Waals surface area contributed by atoms with Gasteiger partial charge in [0.1, 0.15) is 0 Å². The van der Waals surface area contributed by atoms with E-state index in [-0.39, 0.29) is 0 Å². The van der Waals surface area contributed by atoms with Crippen molar-refractivity contribution < 1.29 is 0 Å². The van der Waals surface area contributed by atoms with Crippen molar-refractivity contribution in [3.05, 3.63) is 20.8 Å². The normalized spacial score (nSPS) is 13.2. The number of thiophene rings is 1. The molecule has 0 bridgehead atoms. The van der Waals surface area contributed by atoms with Crippen LogP contribution in [0.2, 0.25) is 0 Å². The van der Waals surface area contributed by atoms with E-state index in [4.69, 9.17) is 0 Å². The molecule has 0 fully saturated rings. The summed E-state index contributed by atoms with van der Waals surface area (Å²) in [7, 11) is 0. The van der Waals surface area contributed by atoms with Gasteiger partial charge in [0.05, 0.1) is 0 Å². The van der Waals surface area contributed by atoms with Gasteiger partial charge in [0.15, 0.2) is 0 Å². The molecule has 0 aliphatic rings. The standard InChI is InChI=1S/C14H24BrNS/c1-4-7-16-13(8-11(2)3)5-6-14-9-12(15)10-17-14/h9-11,13,16H,4-8H2,1-3H3. The van der Waals surface area contributed by atoms with Crippen molar-refractivity contribution in [2.45, 2.75) is 52.5 Å². The molecule has 1 unspecified atom stereocenters. The predicted octanol–water partition coefficient (Wildman–Crippen LogP) is 4.86. The summed E-state index contributed by atoms with van der Waals surface area (Å²) in [5.74, 6) is 0.777. The van der Waals surface area contributed by atoms with E-state index in [0.717, 1.165) is 12.5 Å². The van der Waals surface area contributed by atoms with Crippen LogP contribution < -0.4 is 5.32 Å². The van der Waals surface area contributed by atoms with Gasteiger partial charge in [-0.2, -0.15) is 0 Å². The quantitative estimate of drug-likeness (QED) is 0.722. The van der Waals surface area contributed by atoms with E-state index >= 15 is 0 Å². The Labute approximate surface area is 118 Å². The third-order valence-electron chi connectivity index (χ3n) is 2.80. The lowest BCUT2D eigenvalue weighted by molar-refractivity contribution is 0.399. The lowest BCUT2D eigenvalue weighted by atomic mass is 9.99. The van der Waals surface area contributed by atoms with Crippen molar-refractivity contribution >= 4 is 27.3 Å². The lowest BCUT2D eigenvalue weighted by Gasteiger charge is -2.20. The Bertz CT molecular complexity index is 309. The van der Waals surface area contributed by atoms with Crippen molar-refractivity contribution in [3.8, 4) is 0 Å². The summed E-state index contributed by atoms with van der Waals surface area (Å²) in [6, 6.07) is 2.92. The maximum atomic E-state index is 3.67. The van der Waals surface area contributed by atoms with Crippen molar-refractivity contribution in [1.82, 2.24) is 5.32 Å². The summed E-state index contributed by atoms with van der Waals surface area (Å²) < 4.78 is 1.22. The maximum Gasteiger partial charge on any atom is 0.0285 e. The molecule has 17 heavy (non-hydrogen) atoms. The van der Waals surface area contributed by atoms with Gasteiger partial charge >= 0.3 is 0 Å². The Balaban J connectivity index is 2.36. The van der Waals surface area contributed by atoms with Gasteiger partial charge in [0, 0.05) is 20.8 Å². The Kier molecular flexibility index (Phi) is 7.40. The van der Waals surface area contributed by atoms with Gasteiger partial charge in [-0.25, -0.2) is 0 Å². The van der Waals surface area contributed by atoms with E-state index in [1.807, 2.05) is 11.3 Å². The zero-order chi connectivity index (χ0) is 12.7. The first kappa shape index (κ1) is 15.2. The molecule has 0 radical (unpaired) electrons. The van der Waals surface area contributed by atoms with Gasteiger partial charge in [-0.3, -0.25) is 0 Å². The van der Waals surface area contributed by atoms with E-state index < -0.39 is 0 Å². The van der Waals surface area contributed by atoms with Gasteiger partial charge in [0.25, 0.3) is 0 Å². The fourth-order valence-corrected chi connectivity index (χ4v) is 3.49. The van der Waals surface area contributed by atoms with Crippen molar-refractivity contribution in [3.63, 3.8) is 0 Å². The minimum atomic E-state index is 0.677. The second-order valence-electron chi connectivity index (χ2n) is 5.05. The van der Waals surface area contributed by atoms with Crippen LogP contribution in [-0.4, -0.2) is 12.6 Å². The first-order chi connectivity index (χ1) is 8.11. The van der Waals surface area contributed by atoms with Crippen LogP contribution in [0.5, 0.6) is 0 Å².